The van der Waals surface area contributed by atoms with Gasteiger partial charge in [0.05, 0.1) is 17.8 Å². The van der Waals surface area contributed by atoms with Gasteiger partial charge >= 0.3 is 6.18 Å². The Morgan fingerprint density at radius 3 is 2.36 bits per heavy atom. The highest BCUT2D eigenvalue weighted by Gasteiger charge is 2.34. The Balaban J connectivity index is 2.26. The second kappa shape index (κ2) is 8.23. The molecular formula is C17H15F5N2O3S. The van der Waals surface area contributed by atoms with Crippen LogP contribution in [0.25, 0.3) is 0 Å². The molecule has 5 nitrogen and oxygen atoms in total. The van der Waals surface area contributed by atoms with E-state index < -0.39 is 56.4 Å². The average Bonchev–Trinajstić information content (AvgIpc) is 2.61. The maximum absolute atomic E-state index is 13.8. The van der Waals surface area contributed by atoms with Gasteiger partial charge in [-0.2, -0.15) is 17.5 Å². The zero-order valence-electron chi connectivity index (χ0n) is 14.4. The van der Waals surface area contributed by atoms with Crippen LogP contribution in [-0.4, -0.2) is 31.7 Å². The molecule has 0 unspecified atom stereocenters. The van der Waals surface area contributed by atoms with Gasteiger partial charge in [-0.1, -0.05) is 19.1 Å². The smallest absolute Gasteiger partial charge is 0.324 e. The second-order valence-electron chi connectivity index (χ2n) is 5.60. The monoisotopic (exact) mass is 422 g/mol. The fourth-order valence-corrected chi connectivity index (χ4v) is 3.85. The molecule has 0 spiro atoms. The van der Waals surface area contributed by atoms with Crippen LogP contribution in [0.15, 0.2) is 47.4 Å². The second-order valence-corrected chi connectivity index (χ2v) is 7.50. The van der Waals surface area contributed by atoms with E-state index in [2.05, 4.69) is 0 Å². The van der Waals surface area contributed by atoms with Gasteiger partial charge < -0.3 is 5.32 Å². The average molecular weight is 422 g/mol. The molecular weight excluding hydrogens is 407 g/mol. The first kappa shape index (κ1) is 21.8. The molecule has 0 aliphatic carbocycles. The van der Waals surface area contributed by atoms with Crippen molar-refractivity contribution in [3.05, 3.63) is 59.7 Å². The van der Waals surface area contributed by atoms with E-state index in [-0.39, 0.29) is 6.54 Å². The summed E-state index contributed by atoms with van der Waals surface area (Å²) in [6.45, 7) is 0.152. The number of nitrogens with zero attached hydrogens (tertiary/aromatic N) is 1. The van der Waals surface area contributed by atoms with Crippen molar-refractivity contribution in [2.75, 3.05) is 18.4 Å². The van der Waals surface area contributed by atoms with E-state index >= 15 is 0 Å². The minimum absolute atomic E-state index is 0.299. The molecule has 2 aromatic rings. The minimum atomic E-state index is -4.73. The highest BCUT2D eigenvalue weighted by molar-refractivity contribution is 7.89. The summed E-state index contributed by atoms with van der Waals surface area (Å²) in [6.07, 6.45) is -4.73. The van der Waals surface area contributed by atoms with Crippen molar-refractivity contribution >= 4 is 21.6 Å². The number of benzene rings is 2. The molecule has 152 valence electrons. The summed E-state index contributed by atoms with van der Waals surface area (Å²) in [6, 6.07) is 5.98. The Kier molecular flexibility index (Phi) is 6.40. The maximum Gasteiger partial charge on any atom is 0.418 e. The lowest BCUT2D eigenvalue weighted by molar-refractivity contribution is -0.137. The fourth-order valence-electron chi connectivity index (χ4n) is 2.37. The number of carbonyl (C=O) groups excluding carboxylic acids is 1. The Labute approximate surface area is 157 Å². The van der Waals surface area contributed by atoms with Crippen LogP contribution < -0.4 is 5.32 Å². The van der Waals surface area contributed by atoms with Crippen molar-refractivity contribution in [1.82, 2.24) is 4.31 Å². The van der Waals surface area contributed by atoms with Gasteiger partial charge in [0.1, 0.15) is 16.5 Å². The molecule has 2 aromatic carbocycles. The van der Waals surface area contributed by atoms with Crippen LogP contribution in [0.1, 0.15) is 12.5 Å². The summed E-state index contributed by atoms with van der Waals surface area (Å²) < 4.78 is 91.6. The molecule has 0 aliphatic rings. The lowest BCUT2D eigenvalue weighted by atomic mass is 10.1. The fraction of sp³-hybridized carbons (Fsp3) is 0.235. The normalized spacial score (nSPS) is 12.2. The first-order valence-corrected chi connectivity index (χ1v) is 9.32. The SMILES string of the molecule is CCN(CC(=O)Nc1ccccc1C(F)(F)F)S(=O)(=O)c1cc(F)ccc1F. The number of hydrogen-bond donors (Lipinski definition) is 1. The van der Waals surface area contributed by atoms with Crippen LogP contribution in [0.5, 0.6) is 0 Å². The number of likely N-dealkylation sites (N-methyl/N-ethyl adjacent to an activating group) is 1. The topological polar surface area (TPSA) is 66.5 Å². The molecule has 11 heteroatoms. The van der Waals surface area contributed by atoms with Crippen molar-refractivity contribution in [2.24, 2.45) is 0 Å². The predicted octanol–water partition coefficient (Wildman–Crippen LogP) is 3.63. The van der Waals surface area contributed by atoms with E-state index in [1.807, 2.05) is 5.32 Å². The number of para-hydroxylation sites is 1. The number of sulfonamides is 1. The summed E-state index contributed by atoms with van der Waals surface area (Å²) in [5.74, 6) is -3.29. The van der Waals surface area contributed by atoms with Gasteiger partial charge in [-0.15, -0.1) is 0 Å². The van der Waals surface area contributed by atoms with Gasteiger partial charge in [0.2, 0.25) is 15.9 Å². The summed E-state index contributed by atoms with van der Waals surface area (Å²) in [5.41, 5.74) is -1.66. The predicted molar refractivity (Wildman–Crippen MR) is 90.9 cm³/mol. The number of carbonyl (C=O) groups is 1. The third kappa shape index (κ3) is 4.84. The molecule has 2 rings (SSSR count). The van der Waals surface area contributed by atoms with Crippen molar-refractivity contribution in [3.63, 3.8) is 0 Å². The van der Waals surface area contributed by atoms with Crippen LogP contribution in [0.3, 0.4) is 0 Å². The van der Waals surface area contributed by atoms with Crippen LogP contribution in [0, 0.1) is 11.6 Å². The molecule has 0 radical (unpaired) electrons. The molecule has 1 N–H and O–H groups in total. The van der Waals surface area contributed by atoms with Crippen molar-refractivity contribution in [1.29, 1.82) is 0 Å². The summed E-state index contributed by atoms with van der Waals surface area (Å²) in [5, 5.41) is 2.00. The molecule has 28 heavy (non-hydrogen) atoms. The Bertz CT molecular complexity index is 977. The molecule has 0 fully saturated rings. The van der Waals surface area contributed by atoms with Gasteiger partial charge in [0.15, 0.2) is 0 Å². The Morgan fingerprint density at radius 2 is 1.75 bits per heavy atom. The molecule has 0 aromatic heterocycles. The van der Waals surface area contributed by atoms with Gasteiger partial charge in [-0.25, -0.2) is 17.2 Å². The Hall–Kier alpha value is -2.53. The highest BCUT2D eigenvalue weighted by Crippen LogP contribution is 2.34. The number of halogens is 5. The lowest BCUT2D eigenvalue weighted by Crippen LogP contribution is -2.38. The van der Waals surface area contributed by atoms with E-state index in [1.54, 1.807) is 0 Å². The molecule has 0 aliphatic heterocycles. The van der Waals surface area contributed by atoms with Crippen molar-refractivity contribution in [2.45, 2.75) is 18.0 Å². The third-order valence-electron chi connectivity index (χ3n) is 3.69. The van der Waals surface area contributed by atoms with Gasteiger partial charge in [0, 0.05) is 6.54 Å². The summed E-state index contributed by atoms with van der Waals surface area (Å²) in [4.78, 5) is 11.2. The standard InChI is InChI=1S/C17H15F5N2O3S/c1-2-24(28(26,27)15-9-11(18)7-8-13(15)19)10-16(25)23-14-6-4-3-5-12(14)17(20,21)22/h3-9H,2,10H2,1H3,(H,23,25). The molecule has 0 saturated heterocycles. The number of alkyl halides is 3. The first-order chi connectivity index (χ1) is 13.0. The zero-order chi connectivity index (χ0) is 21.1. The minimum Gasteiger partial charge on any atom is -0.324 e. The lowest BCUT2D eigenvalue weighted by Gasteiger charge is -2.21. The van der Waals surface area contributed by atoms with E-state index in [4.69, 9.17) is 0 Å². The quantitative estimate of drug-likeness (QED) is 0.723. The molecule has 0 heterocycles. The highest BCUT2D eigenvalue weighted by atomic mass is 32.2. The van der Waals surface area contributed by atoms with Gasteiger partial charge in [-0.3, -0.25) is 4.79 Å². The van der Waals surface area contributed by atoms with Crippen LogP contribution in [-0.2, 0) is 21.0 Å². The number of nitrogens with one attached hydrogen (secondary N) is 1. The number of anilines is 1. The van der Waals surface area contributed by atoms with E-state index in [0.29, 0.717) is 16.4 Å². The van der Waals surface area contributed by atoms with E-state index in [9.17, 15) is 35.2 Å². The largest absolute Gasteiger partial charge is 0.418 e. The van der Waals surface area contributed by atoms with E-state index in [1.165, 1.54) is 13.0 Å². The van der Waals surface area contributed by atoms with Crippen LogP contribution in [0.4, 0.5) is 27.6 Å². The van der Waals surface area contributed by atoms with Crippen LogP contribution >= 0.6 is 0 Å². The summed E-state index contributed by atoms with van der Waals surface area (Å²) in [7, 11) is -4.59. The molecule has 0 saturated carbocycles. The number of hydrogen-bond acceptors (Lipinski definition) is 3. The van der Waals surface area contributed by atoms with Crippen LogP contribution in [0.2, 0.25) is 0 Å². The van der Waals surface area contributed by atoms with E-state index in [0.717, 1.165) is 24.3 Å². The first-order valence-electron chi connectivity index (χ1n) is 7.88. The number of amides is 1. The number of rotatable bonds is 6. The Morgan fingerprint density at radius 1 is 1.11 bits per heavy atom. The van der Waals surface area contributed by atoms with Gasteiger partial charge in [0.25, 0.3) is 0 Å². The zero-order valence-corrected chi connectivity index (χ0v) is 15.2. The molecule has 0 bridgehead atoms. The summed E-state index contributed by atoms with van der Waals surface area (Å²) >= 11 is 0. The van der Waals surface area contributed by atoms with Crippen molar-refractivity contribution in [3.8, 4) is 0 Å². The third-order valence-corrected chi connectivity index (χ3v) is 5.63. The molecule has 0 atom stereocenters. The molecule has 1 amide bonds. The van der Waals surface area contributed by atoms with Crippen molar-refractivity contribution < 1.29 is 35.2 Å². The van der Waals surface area contributed by atoms with Gasteiger partial charge in [-0.05, 0) is 30.3 Å². The maximum atomic E-state index is 13.8.